The molecule has 0 radical (unpaired) electrons. The highest BCUT2D eigenvalue weighted by Gasteiger charge is 2.09. The molecule has 0 aliphatic carbocycles. The van der Waals surface area contributed by atoms with E-state index in [0.29, 0.717) is 0 Å². The van der Waals surface area contributed by atoms with Crippen LogP contribution >= 0.6 is 65.7 Å². The minimum Gasteiger partial charge on any atom is -0.427 e. The largest absolute Gasteiger partial charge is 0.427 e. The lowest BCUT2D eigenvalue weighted by molar-refractivity contribution is 0.435. The average Bonchev–Trinajstić information content (AvgIpc) is 2.64. The number of hydrogen-bond acceptors (Lipinski definition) is 8. The van der Waals surface area contributed by atoms with Crippen LogP contribution in [0.15, 0.2) is 0 Å². The fourth-order valence-electron chi connectivity index (χ4n) is 1.94. The highest BCUT2D eigenvalue weighted by atomic mass is 33.7. The van der Waals surface area contributed by atoms with Crippen molar-refractivity contribution in [3.05, 3.63) is 0 Å². The quantitative estimate of drug-likeness (QED) is 0.140. The van der Waals surface area contributed by atoms with Crippen molar-refractivity contribution in [2.45, 2.75) is 37.8 Å². The zero-order chi connectivity index (χ0) is 19.6. The van der Waals surface area contributed by atoms with Crippen LogP contribution in [0.4, 0.5) is 0 Å². The van der Waals surface area contributed by atoms with Crippen molar-refractivity contribution in [1.29, 1.82) is 0 Å². The molecule has 0 aromatic rings. The zero-order valence-corrected chi connectivity index (χ0v) is 24.0. The first-order valence-corrected chi connectivity index (χ1v) is 17.5. The van der Waals surface area contributed by atoms with Crippen molar-refractivity contribution < 1.29 is 8.85 Å². The third kappa shape index (κ3) is 16.5. The number of nitrogens with zero attached hydrogens (tertiary/aromatic N) is 2. The molecule has 0 aromatic heterocycles. The summed E-state index contributed by atoms with van der Waals surface area (Å²) in [6.07, 6.45) is 4.84. The molecule has 0 atom stereocenters. The van der Waals surface area contributed by atoms with Gasteiger partial charge in [0.05, 0.1) is 0 Å². The summed E-state index contributed by atoms with van der Waals surface area (Å²) in [6.45, 7) is 2.05. The summed E-state index contributed by atoms with van der Waals surface area (Å²) in [6, 6.07) is 2.51. The van der Waals surface area contributed by atoms with Crippen LogP contribution in [0.25, 0.3) is 0 Å². The number of rotatable bonds is 15. The van der Waals surface area contributed by atoms with Crippen LogP contribution in [0.5, 0.6) is 0 Å². The predicted molar refractivity (Wildman–Crippen MR) is 140 cm³/mol. The van der Waals surface area contributed by atoms with Crippen LogP contribution in [0.2, 0.25) is 12.1 Å². The highest BCUT2D eigenvalue weighted by molar-refractivity contribution is 9.29. The molecule has 0 unspecified atom stereocenters. The number of thiocarbonyl (C=S) groups is 2. The standard InChI is InChI=1S/C14H32N2O2S6Si2/c1-15(9-5-7-11-25-17-3)13(19)21-23-24-22-14(20)16(2)10-6-8-12-26-18-4/h5-12,25-26H2,1-4H3. The van der Waals surface area contributed by atoms with Gasteiger partial charge in [0.1, 0.15) is 8.64 Å². The van der Waals surface area contributed by atoms with Gasteiger partial charge in [0.15, 0.2) is 19.5 Å². The molecular weight excluding hydrogens is 477 g/mol. The lowest BCUT2D eigenvalue weighted by Gasteiger charge is -2.19. The number of hydrogen-bond donors (Lipinski definition) is 0. The molecule has 0 heterocycles. The molecule has 0 fully saturated rings. The first-order chi connectivity index (χ1) is 12.5. The Morgan fingerprint density at radius 1 is 0.769 bits per heavy atom. The molecule has 0 bridgehead atoms. The second-order valence-corrected chi connectivity index (χ2v) is 16.1. The summed E-state index contributed by atoms with van der Waals surface area (Å²) >= 11 is 11.0. The SMILES string of the molecule is CO[SiH2]CCCCN(C)C(=S)SSSSC(=S)N(C)CCCC[SiH2]OC. The second-order valence-electron chi connectivity index (χ2n) is 5.78. The van der Waals surface area contributed by atoms with Gasteiger partial charge in [0.25, 0.3) is 0 Å². The van der Waals surface area contributed by atoms with E-state index in [4.69, 9.17) is 33.3 Å². The normalized spacial score (nSPS) is 11.7. The Kier molecular flexibility index (Phi) is 21.0. The van der Waals surface area contributed by atoms with Gasteiger partial charge in [0.2, 0.25) is 0 Å². The van der Waals surface area contributed by atoms with E-state index in [2.05, 4.69) is 23.9 Å². The van der Waals surface area contributed by atoms with Gasteiger partial charge in [-0.1, -0.05) is 37.3 Å². The third-order valence-electron chi connectivity index (χ3n) is 3.55. The van der Waals surface area contributed by atoms with Gasteiger partial charge >= 0.3 is 0 Å². The Balaban J connectivity index is 3.66. The minimum absolute atomic E-state index is 0.270. The molecule has 4 nitrogen and oxygen atoms in total. The maximum Gasteiger partial charge on any atom is 0.161 e. The van der Waals surface area contributed by atoms with Crippen LogP contribution in [0.3, 0.4) is 0 Å². The summed E-state index contributed by atoms with van der Waals surface area (Å²) in [5, 5.41) is 0. The molecule has 12 heteroatoms. The van der Waals surface area contributed by atoms with Crippen LogP contribution < -0.4 is 0 Å². The molecule has 154 valence electrons. The van der Waals surface area contributed by atoms with Gasteiger partial charge in [-0.05, 0) is 66.2 Å². The summed E-state index contributed by atoms with van der Waals surface area (Å²) in [5.74, 6) is 0. The van der Waals surface area contributed by atoms with E-state index in [1.165, 1.54) is 37.8 Å². The average molecular weight is 509 g/mol. The van der Waals surface area contributed by atoms with Gasteiger partial charge in [-0.25, -0.2) is 0 Å². The summed E-state index contributed by atoms with van der Waals surface area (Å²) in [7, 11) is 13.9. The second kappa shape index (κ2) is 19.8. The molecule has 0 saturated heterocycles. The zero-order valence-electron chi connectivity index (χ0n) is 16.2. The van der Waals surface area contributed by atoms with Gasteiger partial charge in [0, 0.05) is 41.4 Å². The van der Waals surface area contributed by atoms with E-state index in [0.717, 1.165) is 21.7 Å². The highest BCUT2D eigenvalue weighted by Crippen LogP contribution is 2.44. The van der Waals surface area contributed by atoms with Gasteiger partial charge in [-0.3, -0.25) is 0 Å². The van der Waals surface area contributed by atoms with Crippen LogP contribution in [0.1, 0.15) is 25.7 Å². The molecule has 0 saturated carbocycles. The maximum atomic E-state index is 5.48. The van der Waals surface area contributed by atoms with E-state index in [1.807, 2.05) is 14.2 Å². The van der Waals surface area contributed by atoms with Crippen molar-refractivity contribution in [1.82, 2.24) is 9.80 Å². The van der Waals surface area contributed by atoms with Gasteiger partial charge in [-0.15, -0.1) is 0 Å². The van der Waals surface area contributed by atoms with Crippen molar-refractivity contribution in [2.75, 3.05) is 41.4 Å². The molecular formula is C14H32N2O2S6Si2. The van der Waals surface area contributed by atoms with Crippen LogP contribution in [-0.4, -0.2) is 79.4 Å². The lowest BCUT2D eigenvalue weighted by atomic mass is 10.3. The summed E-state index contributed by atoms with van der Waals surface area (Å²) < 4.78 is 12.3. The van der Waals surface area contributed by atoms with Crippen molar-refractivity contribution in [2.24, 2.45) is 0 Å². The van der Waals surface area contributed by atoms with Crippen LogP contribution in [-0.2, 0) is 8.85 Å². The Morgan fingerprint density at radius 3 is 1.50 bits per heavy atom. The lowest BCUT2D eigenvalue weighted by Crippen LogP contribution is -2.23. The third-order valence-corrected chi connectivity index (χ3v) is 13.5. The Morgan fingerprint density at radius 2 is 1.15 bits per heavy atom. The van der Waals surface area contributed by atoms with Gasteiger partial charge in [-0.2, -0.15) is 0 Å². The van der Waals surface area contributed by atoms with E-state index in [9.17, 15) is 0 Å². The van der Waals surface area contributed by atoms with E-state index in [1.54, 1.807) is 41.2 Å². The summed E-state index contributed by atoms with van der Waals surface area (Å²) in [4.78, 5) is 4.33. The molecule has 0 amide bonds. The fraction of sp³-hybridized carbons (Fsp3) is 0.857. The topological polar surface area (TPSA) is 24.9 Å². The first kappa shape index (κ1) is 27.5. The molecule has 0 N–H and O–H groups in total. The Hall–Kier alpha value is 1.53. The maximum absolute atomic E-state index is 5.48. The smallest absolute Gasteiger partial charge is 0.161 e. The molecule has 0 spiro atoms. The molecule has 0 rings (SSSR count). The van der Waals surface area contributed by atoms with E-state index < -0.39 is 0 Å². The van der Waals surface area contributed by atoms with Gasteiger partial charge < -0.3 is 18.7 Å². The minimum atomic E-state index is -0.270. The monoisotopic (exact) mass is 508 g/mol. The fourth-order valence-corrected chi connectivity index (χ4v) is 10.3. The Bertz CT molecular complexity index is 351. The van der Waals surface area contributed by atoms with Crippen molar-refractivity contribution >= 4 is 93.8 Å². The molecule has 0 aromatic carbocycles. The van der Waals surface area contributed by atoms with E-state index >= 15 is 0 Å². The van der Waals surface area contributed by atoms with Crippen molar-refractivity contribution in [3.8, 4) is 0 Å². The molecule has 0 aliphatic rings. The van der Waals surface area contributed by atoms with E-state index in [-0.39, 0.29) is 19.5 Å². The summed E-state index contributed by atoms with van der Waals surface area (Å²) in [5.41, 5.74) is 0. The Labute approximate surface area is 190 Å². The van der Waals surface area contributed by atoms with Crippen molar-refractivity contribution in [3.63, 3.8) is 0 Å². The number of unbranched alkanes of at least 4 members (excludes halogenated alkanes) is 2. The first-order valence-electron chi connectivity index (χ1n) is 8.68. The predicted octanol–water partition coefficient (Wildman–Crippen LogP) is 3.96. The van der Waals surface area contributed by atoms with Crippen LogP contribution in [0, 0.1) is 0 Å². The molecule has 26 heavy (non-hydrogen) atoms. The molecule has 0 aliphatic heterocycles.